The Morgan fingerprint density at radius 2 is 2.00 bits per heavy atom. The van der Waals surface area contributed by atoms with Crippen LogP contribution >= 0.6 is 0 Å². The lowest BCUT2D eigenvalue weighted by Gasteiger charge is -2.33. The number of nitrogens with zero attached hydrogens (tertiary/aromatic N) is 1. The summed E-state index contributed by atoms with van der Waals surface area (Å²) in [6.07, 6.45) is 6.85. The van der Waals surface area contributed by atoms with Gasteiger partial charge in [-0.25, -0.2) is 0 Å². The van der Waals surface area contributed by atoms with Gasteiger partial charge in [0.05, 0.1) is 6.10 Å². The lowest BCUT2D eigenvalue weighted by molar-refractivity contribution is -0.00835. The van der Waals surface area contributed by atoms with Gasteiger partial charge >= 0.3 is 0 Å². The second-order valence-electron chi connectivity index (χ2n) is 6.54. The fourth-order valence-corrected chi connectivity index (χ4v) is 3.17. The Balaban J connectivity index is 1.61. The highest BCUT2D eigenvalue weighted by molar-refractivity contribution is 5.19. The van der Waals surface area contributed by atoms with Crippen LogP contribution in [-0.2, 0) is 4.74 Å². The molecule has 0 amide bonds. The van der Waals surface area contributed by atoms with Crippen LogP contribution in [0.2, 0.25) is 0 Å². The summed E-state index contributed by atoms with van der Waals surface area (Å²) in [5, 5.41) is 3.69. The van der Waals surface area contributed by atoms with Crippen LogP contribution in [0, 0.1) is 0 Å². The van der Waals surface area contributed by atoms with Crippen molar-refractivity contribution in [2.24, 2.45) is 0 Å². The number of hydrogen-bond acceptors (Lipinski definition) is 3. The molecule has 1 N–H and O–H groups in total. The molecule has 3 heteroatoms. The number of nitrogens with one attached hydrogen (secondary N) is 1. The maximum absolute atomic E-state index is 5.91. The molecule has 116 valence electrons. The number of likely N-dealkylation sites (N-methyl/N-ethyl adjacent to an activating group) is 1. The summed E-state index contributed by atoms with van der Waals surface area (Å²) in [6.45, 7) is 3.01. The SMILES string of the molecule is CN(CC1CCCCO1)C(CNC1CC1)c1ccccc1. The fourth-order valence-electron chi connectivity index (χ4n) is 3.17. The summed E-state index contributed by atoms with van der Waals surface area (Å²) >= 11 is 0. The second kappa shape index (κ2) is 7.39. The Kier molecular flexibility index (Phi) is 5.28. The molecule has 3 rings (SSSR count). The number of benzene rings is 1. The van der Waals surface area contributed by atoms with Gasteiger partial charge in [0.2, 0.25) is 0 Å². The lowest BCUT2D eigenvalue weighted by atomic mass is 10.0. The minimum atomic E-state index is 0.413. The van der Waals surface area contributed by atoms with E-state index in [4.69, 9.17) is 4.74 Å². The van der Waals surface area contributed by atoms with Crippen LogP contribution < -0.4 is 5.32 Å². The third kappa shape index (κ3) is 4.53. The molecule has 21 heavy (non-hydrogen) atoms. The van der Waals surface area contributed by atoms with Crippen LogP contribution in [0.25, 0.3) is 0 Å². The van der Waals surface area contributed by atoms with Crippen molar-refractivity contribution in [1.29, 1.82) is 0 Å². The molecule has 0 aromatic heterocycles. The van der Waals surface area contributed by atoms with Crippen molar-refractivity contribution in [3.8, 4) is 0 Å². The molecule has 1 aliphatic heterocycles. The second-order valence-corrected chi connectivity index (χ2v) is 6.54. The lowest BCUT2D eigenvalue weighted by Crippen LogP contribution is -2.40. The smallest absolute Gasteiger partial charge is 0.0702 e. The predicted molar refractivity (Wildman–Crippen MR) is 86.4 cm³/mol. The van der Waals surface area contributed by atoms with E-state index >= 15 is 0 Å². The van der Waals surface area contributed by atoms with E-state index < -0.39 is 0 Å². The van der Waals surface area contributed by atoms with E-state index in [1.807, 2.05) is 0 Å². The Bertz CT molecular complexity index is 412. The van der Waals surface area contributed by atoms with Crippen LogP contribution in [-0.4, -0.2) is 43.8 Å². The van der Waals surface area contributed by atoms with Gasteiger partial charge < -0.3 is 10.1 Å². The Morgan fingerprint density at radius 3 is 2.67 bits per heavy atom. The first-order valence-corrected chi connectivity index (χ1v) is 8.43. The van der Waals surface area contributed by atoms with Gasteiger partial charge in [-0.05, 0) is 44.7 Å². The zero-order valence-electron chi connectivity index (χ0n) is 13.1. The van der Waals surface area contributed by atoms with Crippen LogP contribution in [0.15, 0.2) is 30.3 Å². The highest BCUT2D eigenvalue weighted by atomic mass is 16.5. The molecule has 1 aromatic carbocycles. The summed E-state index contributed by atoms with van der Waals surface area (Å²) in [5.74, 6) is 0. The van der Waals surface area contributed by atoms with Crippen molar-refractivity contribution >= 4 is 0 Å². The quantitative estimate of drug-likeness (QED) is 0.835. The van der Waals surface area contributed by atoms with E-state index in [-0.39, 0.29) is 0 Å². The molecule has 1 aliphatic carbocycles. The summed E-state index contributed by atoms with van der Waals surface area (Å²) < 4.78 is 5.91. The molecular formula is C18H28N2O. The molecule has 2 atom stereocenters. The number of hydrogen-bond donors (Lipinski definition) is 1. The molecule has 0 spiro atoms. The van der Waals surface area contributed by atoms with Crippen molar-refractivity contribution in [1.82, 2.24) is 10.2 Å². The van der Waals surface area contributed by atoms with Crippen LogP contribution in [0.3, 0.4) is 0 Å². The van der Waals surface area contributed by atoms with Crippen LogP contribution in [0.1, 0.15) is 43.7 Å². The first kappa shape index (κ1) is 15.0. The maximum Gasteiger partial charge on any atom is 0.0702 e. The van der Waals surface area contributed by atoms with E-state index in [0.717, 1.165) is 25.7 Å². The van der Waals surface area contributed by atoms with Crippen molar-refractivity contribution in [3.05, 3.63) is 35.9 Å². The first-order valence-electron chi connectivity index (χ1n) is 8.43. The van der Waals surface area contributed by atoms with Gasteiger partial charge in [-0.1, -0.05) is 30.3 Å². The average molecular weight is 288 g/mol. The van der Waals surface area contributed by atoms with E-state index in [0.29, 0.717) is 12.1 Å². The van der Waals surface area contributed by atoms with Crippen molar-refractivity contribution in [2.75, 3.05) is 26.7 Å². The minimum absolute atomic E-state index is 0.413. The highest BCUT2D eigenvalue weighted by Gasteiger charge is 2.26. The topological polar surface area (TPSA) is 24.5 Å². The highest BCUT2D eigenvalue weighted by Crippen LogP contribution is 2.24. The Labute approximate surface area is 128 Å². The van der Waals surface area contributed by atoms with Crippen LogP contribution in [0.5, 0.6) is 0 Å². The van der Waals surface area contributed by atoms with Gasteiger partial charge in [0.15, 0.2) is 0 Å². The summed E-state index contributed by atoms with van der Waals surface area (Å²) in [7, 11) is 2.24. The standard InChI is InChI=1S/C18H28N2O/c1-20(14-17-9-5-6-12-21-17)18(13-19-16-10-11-16)15-7-3-2-4-8-15/h2-4,7-8,16-19H,5-6,9-14H2,1H3. The number of rotatable bonds is 7. The largest absolute Gasteiger partial charge is 0.377 e. The van der Waals surface area contributed by atoms with Gasteiger partial charge in [-0.3, -0.25) is 4.90 Å². The van der Waals surface area contributed by atoms with Crippen molar-refractivity contribution < 1.29 is 4.74 Å². The van der Waals surface area contributed by atoms with E-state index in [9.17, 15) is 0 Å². The van der Waals surface area contributed by atoms with Gasteiger partial charge in [-0.2, -0.15) is 0 Å². The predicted octanol–water partition coefficient (Wildman–Crippen LogP) is 2.98. The van der Waals surface area contributed by atoms with Gasteiger partial charge in [0, 0.05) is 31.8 Å². The van der Waals surface area contributed by atoms with Crippen LogP contribution in [0.4, 0.5) is 0 Å². The molecule has 2 aliphatic rings. The molecule has 1 aromatic rings. The van der Waals surface area contributed by atoms with Gasteiger partial charge in [-0.15, -0.1) is 0 Å². The zero-order valence-corrected chi connectivity index (χ0v) is 13.1. The fraction of sp³-hybridized carbons (Fsp3) is 0.667. The number of ether oxygens (including phenoxy) is 1. The molecule has 1 saturated carbocycles. The Hall–Kier alpha value is -0.900. The maximum atomic E-state index is 5.91. The average Bonchev–Trinajstić information content (AvgIpc) is 3.34. The summed E-state index contributed by atoms with van der Waals surface area (Å²) in [5.41, 5.74) is 1.41. The zero-order chi connectivity index (χ0) is 14.5. The molecule has 2 unspecified atom stereocenters. The molecule has 0 bridgehead atoms. The molecule has 3 nitrogen and oxygen atoms in total. The van der Waals surface area contributed by atoms with E-state index in [2.05, 4.69) is 47.6 Å². The monoisotopic (exact) mass is 288 g/mol. The molecular weight excluding hydrogens is 260 g/mol. The molecule has 0 radical (unpaired) electrons. The van der Waals surface area contributed by atoms with E-state index in [1.54, 1.807) is 0 Å². The van der Waals surface area contributed by atoms with Crippen molar-refractivity contribution in [3.63, 3.8) is 0 Å². The third-order valence-electron chi connectivity index (χ3n) is 4.66. The molecule has 1 heterocycles. The Morgan fingerprint density at radius 1 is 1.19 bits per heavy atom. The van der Waals surface area contributed by atoms with E-state index in [1.165, 1.54) is 37.7 Å². The minimum Gasteiger partial charge on any atom is -0.377 e. The molecule has 1 saturated heterocycles. The normalized spacial score (nSPS) is 24.2. The van der Waals surface area contributed by atoms with Gasteiger partial charge in [0.1, 0.15) is 0 Å². The molecule has 2 fully saturated rings. The first-order chi connectivity index (χ1) is 10.3. The van der Waals surface area contributed by atoms with Gasteiger partial charge in [0.25, 0.3) is 0 Å². The third-order valence-corrected chi connectivity index (χ3v) is 4.66. The summed E-state index contributed by atoms with van der Waals surface area (Å²) in [4.78, 5) is 2.47. The summed E-state index contributed by atoms with van der Waals surface area (Å²) in [6, 6.07) is 12.1. The van der Waals surface area contributed by atoms with Crippen molar-refractivity contribution in [2.45, 2.75) is 50.3 Å².